The molecule has 4 rings (SSSR count). The number of thioether (sulfide) groups is 1. The lowest BCUT2D eigenvalue weighted by Gasteiger charge is -2.08. The van der Waals surface area contributed by atoms with Gasteiger partial charge >= 0.3 is 5.63 Å². The van der Waals surface area contributed by atoms with Crippen LogP contribution in [-0.2, 0) is 12.8 Å². The molecule has 0 aliphatic heterocycles. The van der Waals surface area contributed by atoms with Gasteiger partial charge in [0.1, 0.15) is 5.58 Å². The third kappa shape index (κ3) is 3.45. The summed E-state index contributed by atoms with van der Waals surface area (Å²) in [5.74, 6) is 1.37. The summed E-state index contributed by atoms with van der Waals surface area (Å²) in [5, 5.41) is 10.9. The van der Waals surface area contributed by atoms with Gasteiger partial charge in [-0.2, -0.15) is 0 Å². The molecule has 0 unspecified atom stereocenters. The molecule has 2 heterocycles. The fourth-order valence-electron chi connectivity index (χ4n) is 3.11. The van der Waals surface area contributed by atoms with Crippen LogP contribution in [0.25, 0.3) is 22.4 Å². The summed E-state index contributed by atoms with van der Waals surface area (Å²) in [4.78, 5) is 12.0. The molecule has 2 aromatic heterocycles. The topological polar surface area (TPSA) is 60.9 Å². The van der Waals surface area contributed by atoms with Crippen LogP contribution in [0.5, 0.6) is 0 Å². The van der Waals surface area contributed by atoms with E-state index in [0.29, 0.717) is 16.4 Å². The zero-order chi connectivity index (χ0) is 19.8. The zero-order valence-corrected chi connectivity index (χ0v) is 17.3. The van der Waals surface area contributed by atoms with E-state index in [9.17, 15) is 4.79 Å². The summed E-state index contributed by atoms with van der Waals surface area (Å²) in [6.07, 6.45) is 0. The van der Waals surface area contributed by atoms with Crippen molar-refractivity contribution in [3.63, 3.8) is 0 Å². The van der Waals surface area contributed by atoms with Crippen molar-refractivity contribution in [1.29, 1.82) is 0 Å². The highest BCUT2D eigenvalue weighted by Gasteiger charge is 2.14. The molecule has 7 heteroatoms. The Bertz CT molecular complexity index is 1250. The molecule has 28 heavy (non-hydrogen) atoms. The first-order chi connectivity index (χ1) is 13.4. The fourth-order valence-corrected chi connectivity index (χ4v) is 4.17. The molecule has 0 saturated heterocycles. The maximum Gasteiger partial charge on any atom is 0.336 e. The maximum absolute atomic E-state index is 12.0. The zero-order valence-electron chi connectivity index (χ0n) is 15.7. The first-order valence-corrected chi connectivity index (χ1v) is 10.1. The van der Waals surface area contributed by atoms with Crippen LogP contribution >= 0.6 is 23.4 Å². The van der Waals surface area contributed by atoms with Crippen LogP contribution in [0.2, 0.25) is 5.02 Å². The van der Waals surface area contributed by atoms with E-state index in [-0.39, 0.29) is 5.63 Å². The monoisotopic (exact) mass is 411 g/mol. The van der Waals surface area contributed by atoms with E-state index in [4.69, 9.17) is 16.0 Å². The van der Waals surface area contributed by atoms with Crippen molar-refractivity contribution in [3.8, 4) is 11.4 Å². The highest BCUT2D eigenvalue weighted by Crippen LogP contribution is 2.30. The predicted molar refractivity (Wildman–Crippen MR) is 113 cm³/mol. The maximum atomic E-state index is 12.0. The quantitative estimate of drug-likeness (QED) is 0.343. The number of nitrogens with zero attached hydrogens (tertiary/aromatic N) is 3. The lowest BCUT2D eigenvalue weighted by atomic mass is 10.1. The lowest BCUT2D eigenvalue weighted by Crippen LogP contribution is -2.01. The number of halogens is 1. The Kier molecular flexibility index (Phi) is 5.00. The molecule has 5 nitrogen and oxygen atoms in total. The SMILES string of the molecule is Cc1cc2oc(=O)cc(CSc3nnc(-c4ccccc4C)n3C)c2cc1Cl. The predicted octanol–water partition coefficient (Wildman–Crippen LogP) is 5.15. The molecule has 0 N–H and O–H groups in total. The summed E-state index contributed by atoms with van der Waals surface area (Å²) >= 11 is 7.80. The average molecular weight is 412 g/mol. The second-order valence-corrected chi connectivity index (χ2v) is 8.01. The molecule has 0 spiro atoms. The molecule has 0 saturated carbocycles. The van der Waals surface area contributed by atoms with Crippen LogP contribution in [0, 0.1) is 13.8 Å². The molecular formula is C21H18ClN3O2S. The van der Waals surface area contributed by atoms with E-state index in [2.05, 4.69) is 23.2 Å². The van der Waals surface area contributed by atoms with Crippen LogP contribution in [0.3, 0.4) is 0 Å². The van der Waals surface area contributed by atoms with Crippen LogP contribution < -0.4 is 5.63 Å². The molecule has 0 bridgehead atoms. The van der Waals surface area contributed by atoms with Crippen molar-refractivity contribution in [1.82, 2.24) is 14.8 Å². The van der Waals surface area contributed by atoms with E-state index < -0.39 is 0 Å². The van der Waals surface area contributed by atoms with E-state index in [1.165, 1.54) is 17.8 Å². The summed E-state index contributed by atoms with van der Waals surface area (Å²) in [6, 6.07) is 13.2. The standard InChI is InChI=1S/C21H18ClN3O2S/c1-12-6-4-5-7-15(12)20-23-24-21(25(20)3)28-11-14-9-19(26)27-18-8-13(2)17(22)10-16(14)18/h4-10H,11H2,1-3H3. The van der Waals surface area contributed by atoms with Gasteiger partial charge in [0, 0.05) is 34.8 Å². The third-order valence-corrected chi connectivity index (χ3v) is 6.16. The first-order valence-electron chi connectivity index (χ1n) is 8.75. The van der Waals surface area contributed by atoms with E-state index >= 15 is 0 Å². The number of aryl methyl sites for hydroxylation is 2. The highest BCUT2D eigenvalue weighted by molar-refractivity contribution is 7.98. The van der Waals surface area contributed by atoms with Gasteiger partial charge in [-0.05, 0) is 42.7 Å². The number of rotatable bonds is 4. The number of hydrogen-bond acceptors (Lipinski definition) is 5. The summed E-state index contributed by atoms with van der Waals surface area (Å²) in [7, 11) is 1.95. The minimum atomic E-state index is -0.372. The van der Waals surface area contributed by atoms with Gasteiger partial charge in [-0.15, -0.1) is 10.2 Å². The van der Waals surface area contributed by atoms with Gasteiger partial charge in [0.2, 0.25) is 0 Å². The number of benzene rings is 2. The molecule has 0 aliphatic carbocycles. The normalized spacial score (nSPS) is 11.3. The Morgan fingerprint density at radius 1 is 1.11 bits per heavy atom. The second kappa shape index (κ2) is 7.45. The Labute approximate surface area is 171 Å². The summed E-state index contributed by atoms with van der Waals surface area (Å²) in [6.45, 7) is 3.94. The molecule has 0 aliphatic rings. The molecular weight excluding hydrogens is 394 g/mol. The first kappa shape index (κ1) is 18.8. The number of hydrogen-bond donors (Lipinski definition) is 0. The van der Waals surface area contributed by atoms with Gasteiger partial charge < -0.3 is 8.98 Å². The van der Waals surface area contributed by atoms with Crippen molar-refractivity contribution in [2.75, 3.05) is 0 Å². The van der Waals surface area contributed by atoms with Gasteiger partial charge in [-0.3, -0.25) is 0 Å². The van der Waals surface area contributed by atoms with Crippen molar-refractivity contribution in [3.05, 3.63) is 74.6 Å². The van der Waals surface area contributed by atoms with Crippen molar-refractivity contribution in [2.24, 2.45) is 7.05 Å². The molecule has 0 fully saturated rings. The number of aromatic nitrogens is 3. The van der Waals surface area contributed by atoms with Gasteiger partial charge in [0.05, 0.1) is 0 Å². The smallest absolute Gasteiger partial charge is 0.336 e. The molecule has 2 aromatic carbocycles. The Morgan fingerprint density at radius 3 is 2.68 bits per heavy atom. The Hall–Kier alpha value is -2.57. The molecule has 142 valence electrons. The molecule has 0 radical (unpaired) electrons. The van der Waals surface area contributed by atoms with Crippen LogP contribution in [-0.4, -0.2) is 14.8 Å². The van der Waals surface area contributed by atoms with Crippen LogP contribution in [0.15, 0.2) is 56.8 Å². The second-order valence-electron chi connectivity index (χ2n) is 6.66. The van der Waals surface area contributed by atoms with E-state index in [1.807, 2.05) is 42.8 Å². The van der Waals surface area contributed by atoms with Gasteiger partial charge in [0.15, 0.2) is 11.0 Å². The van der Waals surface area contributed by atoms with Gasteiger partial charge in [-0.25, -0.2) is 4.79 Å². The Morgan fingerprint density at radius 2 is 1.89 bits per heavy atom. The molecule has 0 atom stereocenters. The largest absolute Gasteiger partial charge is 0.423 e. The van der Waals surface area contributed by atoms with Crippen LogP contribution in [0.4, 0.5) is 0 Å². The van der Waals surface area contributed by atoms with Crippen LogP contribution in [0.1, 0.15) is 16.7 Å². The van der Waals surface area contributed by atoms with Gasteiger partial charge in [0.25, 0.3) is 0 Å². The third-order valence-electron chi connectivity index (χ3n) is 4.69. The van der Waals surface area contributed by atoms with Crippen molar-refractivity contribution in [2.45, 2.75) is 24.8 Å². The minimum absolute atomic E-state index is 0.372. The average Bonchev–Trinajstić information content (AvgIpc) is 3.02. The lowest BCUT2D eigenvalue weighted by molar-refractivity contribution is 0.559. The molecule has 4 aromatic rings. The minimum Gasteiger partial charge on any atom is -0.423 e. The Balaban J connectivity index is 1.67. The van der Waals surface area contributed by atoms with Gasteiger partial charge in [-0.1, -0.05) is 47.6 Å². The fraction of sp³-hybridized carbons (Fsp3) is 0.190. The number of fused-ring (bicyclic) bond motifs is 1. The summed E-state index contributed by atoms with van der Waals surface area (Å²) < 4.78 is 7.30. The summed E-state index contributed by atoms with van der Waals surface area (Å²) in [5.41, 5.74) is 4.10. The van der Waals surface area contributed by atoms with Crippen molar-refractivity contribution < 1.29 is 4.42 Å². The van der Waals surface area contributed by atoms with Crippen molar-refractivity contribution >= 4 is 34.3 Å². The van der Waals surface area contributed by atoms with E-state index in [0.717, 1.165) is 38.6 Å². The van der Waals surface area contributed by atoms with E-state index in [1.54, 1.807) is 6.07 Å². The molecule has 0 amide bonds. The highest BCUT2D eigenvalue weighted by atomic mass is 35.5.